The fourth-order valence-electron chi connectivity index (χ4n) is 0.745. The zero-order chi connectivity index (χ0) is 11.3. The van der Waals surface area contributed by atoms with Crippen LogP contribution in [0.4, 0.5) is 19.0 Å². The number of ketones is 1. The third-order valence-corrected chi connectivity index (χ3v) is 1.41. The molecule has 1 aromatic rings. The third kappa shape index (κ3) is 3.80. The normalized spacial score (nSPS) is 11.7. The minimum absolute atomic E-state index is 0.365. The number of aromatic nitrogens is 1. The van der Waals surface area contributed by atoms with Crippen molar-refractivity contribution in [2.75, 3.05) is 5.32 Å². The highest BCUT2D eigenvalue weighted by atomic mass is 19.4. The predicted octanol–water partition coefficient (Wildman–Crippen LogP) is 2.14. The van der Waals surface area contributed by atoms with Crippen LogP contribution in [0.25, 0.3) is 0 Å². The number of allylic oxidation sites excluding steroid dienone is 1. The largest absolute Gasteiger partial charge is 0.454 e. The van der Waals surface area contributed by atoms with E-state index in [1.807, 2.05) is 0 Å². The van der Waals surface area contributed by atoms with Crippen molar-refractivity contribution in [3.63, 3.8) is 0 Å². The number of pyridine rings is 1. The summed E-state index contributed by atoms with van der Waals surface area (Å²) in [5.74, 6) is -1.55. The van der Waals surface area contributed by atoms with Gasteiger partial charge in [-0.15, -0.1) is 0 Å². The Hall–Kier alpha value is -1.85. The summed E-state index contributed by atoms with van der Waals surface area (Å²) in [6.45, 7) is 0. The van der Waals surface area contributed by atoms with E-state index >= 15 is 0 Å². The summed E-state index contributed by atoms with van der Waals surface area (Å²) < 4.78 is 35.2. The number of carbonyl (C=O) groups excluding carboxylic acids is 1. The lowest BCUT2D eigenvalue weighted by Crippen LogP contribution is -2.20. The molecule has 0 aromatic carbocycles. The van der Waals surface area contributed by atoms with Gasteiger partial charge in [-0.05, 0) is 12.1 Å². The van der Waals surface area contributed by atoms with Gasteiger partial charge >= 0.3 is 6.18 Å². The van der Waals surface area contributed by atoms with E-state index in [2.05, 4.69) is 10.3 Å². The quantitative estimate of drug-likeness (QED) is 0.787. The smallest absolute Gasteiger partial charge is 0.347 e. The molecule has 0 aliphatic heterocycles. The lowest BCUT2D eigenvalue weighted by molar-refractivity contribution is -0.165. The van der Waals surface area contributed by atoms with Gasteiger partial charge in [0.25, 0.3) is 5.78 Å². The molecule has 0 fully saturated rings. The first-order valence-corrected chi connectivity index (χ1v) is 3.95. The molecule has 6 heteroatoms. The monoisotopic (exact) mass is 216 g/mol. The standard InChI is InChI=1S/C9H7F3N2O/c10-9(11,12)7(15)4-6-14-8-3-1-2-5-13-8/h1-6H,(H,13,14)/b6-4-. The van der Waals surface area contributed by atoms with Crippen LogP contribution in [-0.4, -0.2) is 16.9 Å². The van der Waals surface area contributed by atoms with Crippen LogP contribution in [0.15, 0.2) is 36.7 Å². The number of alkyl halides is 3. The molecular weight excluding hydrogens is 209 g/mol. The topological polar surface area (TPSA) is 42.0 Å². The van der Waals surface area contributed by atoms with Crippen LogP contribution in [0.1, 0.15) is 0 Å². The molecular formula is C9H7F3N2O. The Morgan fingerprint density at radius 3 is 2.67 bits per heavy atom. The van der Waals surface area contributed by atoms with Crippen molar-refractivity contribution < 1.29 is 18.0 Å². The molecule has 3 nitrogen and oxygen atoms in total. The van der Waals surface area contributed by atoms with Crippen molar-refractivity contribution in [1.82, 2.24) is 4.98 Å². The maximum atomic E-state index is 11.7. The molecule has 80 valence electrons. The van der Waals surface area contributed by atoms with E-state index in [1.165, 1.54) is 6.20 Å². The molecule has 0 atom stereocenters. The van der Waals surface area contributed by atoms with Gasteiger partial charge in [0.1, 0.15) is 5.82 Å². The third-order valence-electron chi connectivity index (χ3n) is 1.41. The van der Waals surface area contributed by atoms with Crippen molar-refractivity contribution in [2.24, 2.45) is 0 Å². The van der Waals surface area contributed by atoms with Crippen molar-refractivity contribution >= 4 is 11.6 Å². The Morgan fingerprint density at radius 2 is 2.13 bits per heavy atom. The Kier molecular flexibility index (Phi) is 3.43. The van der Waals surface area contributed by atoms with Crippen LogP contribution in [0.2, 0.25) is 0 Å². The zero-order valence-electron chi connectivity index (χ0n) is 7.45. The predicted molar refractivity (Wildman–Crippen MR) is 48.1 cm³/mol. The lowest BCUT2D eigenvalue weighted by Gasteiger charge is -2.00. The average Bonchev–Trinajstić information content (AvgIpc) is 2.18. The number of anilines is 1. The molecule has 0 radical (unpaired) electrons. The molecule has 1 rings (SSSR count). The highest BCUT2D eigenvalue weighted by Gasteiger charge is 2.35. The van der Waals surface area contributed by atoms with Gasteiger partial charge in [0, 0.05) is 18.5 Å². The first-order chi connectivity index (χ1) is 7.00. The van der Waals surface area contributed by atoms with E-state index in [-0.39, 0.29) is 0 Å². The second kappa shape index (κ2) is 4.59. The SMILES string of the molecule is O=C(/C=C\Nc1ccccn1)C(F)(F)F. The van der Waals surface area contributed by atoms with Crippen molar-refractivity contribution in [3.05, 3.63) is 36.7 Å². The summed E-state index contributed by atoms with van der Waals surface area (Å²) in [4.78, 5) is 14.2. The molecule has 15 heavy (non-hydrogen) atoms. The number of nitrogens with one attached hydrogen (secondary N) is 1. The fourth-order valence-corrected chi connectivity index (χ4v) is 0.745. The van der Waals surface area contributed by atoms with Gasteiger partial charge in [-0.2, -0.15) is 13.2 Å². The van der Waals surface area contributed by atoms with E-state index in [9.17, 15) is 18.0 Å². The van der Waals surface area contributed by atoms with Gasteiger partial charge < -0.3 is 5.32 Å². The van der Waals surface area contributed by atoms with E-state index in [0.29, 0.717) is 11.9 Å². The lowest BCUT2D eigenvalue weighted by atomic mass is 10.4. The maximum absolute atomic E-state index is 11.7. The van der Waals surface area contributed by atoms with Gasteiger partial charge in [0.05, 0.1) is 0 Å². The van der Waals surface area contributed by atoms with Crippen LogP contribution < -0.4 is 5.32 Å². The maximum Gasteiger partial charge on any atom is 0.454 e. The highest BCUT2D eigenvalue weighted by molar-refractivity contribution is 5.94. The number of rotatable bonds is 3. The Bertz CT molecular complexity index is 359. The zero-order valence-corrected chi connectivity index (χ0v) is 7.45. The molecule has 0 spiro atoms. The van der Waals surface area contributed by atoms with Gasteiger partial charge in [0.2, 0.25) is 0 Å². The number of halogens is 3. The van der Waals surface area contributed by atoms with Crippen LogP contribution in [-0.2, 0) is 4.79 Å². The minimum Gasteiger partial charge on any atom is -0.347 e. The van der Waals surface area contributed by atoms with Gasteiger partial charge in [0.15, 0.2) is 0 Å². The van der Waals surface area contributed by atoms with E-state index in [4.69, 9.17) is 0 Å². The molecule has 0 aliphatic carbocycles. The second-order valence-corrected chi connectivity index (χ2v) is 2.55. The van der Waals surface area contributed by atoms with Crippen molar-refractivity contribution in [1.29, 1.82) is 0 Å². The summed E-state index contributed by atoms with van der Waals surface area (Å²) >= 11 is 0. The second-order valence-electron chi connectivity index (χ2n) is 2.55. The van der Waals surface area contributed by atoms with Crippen LogP contribution in [0.3, 0.4) is 0 Å². The summed E-state index contributed by atoms with van der Waals surface area (Å²) in [6, 6.07) is 4.88. The van der Waals surface area contributed by atoms with Crippen LogP contribution in [0.5, 0.6) is 0 Å². The summed E-state index contributed by atoms with van der Waals surface area (Å²) in [5, 5.41) is 2.44. The molecule has 1 heterocycles. The van der Waals surface area contributed by atoms with Crippen LogP contribution >= 0.6 is 0 Å². The Balaban J connectivity index is 2.51. The first-order valence-electron chi connectivity index (χ1n) is 3.95. The summed E-state index contributed by atoms with van der Waals surface area (Å²) in [5.41, 5.74) is 0. The van der Waals surface area contributed by atoms with Crippen molar-refractivity contribution in [3.8, 4) is 0 Å². The molecule has 0 saturated carbocycles. The van der Waals surface area contributed by atoms with Crippen LogP contribution in [0, 0.1) is 0 Å². The van der Waals surface area contributed by atoms with Gasteiger partial charge in [-0.1, -0.05) is 6.07 Å². The molecule has 0 aliphatic rings. The van der Waals surface area contributed by atoms with Gasteiger partial charge in [-0.25, -0.2) is 4.98 Å². The van der Waals surface area contributed by atoms with E-state index < -0.39 is 12.0 Å². The summed E-state index contributed by atoms with van der Waals surface area (Å²) in [7, 11) is 0. The molecule has 0 unspecified atom stereocenters. The Morgan fingerprint density at radius 1 is 1.40 bits per heavy atom. The number of hydrogen-bond donors (Lipinski definition) is 1. The first kappa shape index (κ1) is 11.2. The minimum atomic E-state index is -4.83. The molecule has 0 saturated heterocycles. The number of hydrogen-bond acceptors (Lipinski definition) is 3. The molecule has 0 amide bonds. The van der Waals surface area contributed by atoms with Gasteiger partial charge in [-0.3, -0.25) is 4.79 Å². The molecule has 1 aromatic heterocycles. The van der Waals surface area contributed by atoms with E-state index in [0.717, 1.165) is 6.20 Å². The van der Waals surface area contributed by atoms with E-state index in [1.54, 1.807) is 18.2 Å². The highest BCUT2D eigenvalue weighted by Crippen LogP contribution is 2.16. The molecule has 0 bridgehead atoms. The van der Waals surface area contributed by atoms with Crippen molar-refractivity contribution in [2.45, 2.75) is 6.18 Å². The number of carbonyl (C=O) groups is 1. The molecule has 1 N–H and O–H groups in total. The fraction of sp³-hybridized carbons (Fsp3) is 0.111. The average molecular weight is 216 g/mol. The summed E-state index contributed by atoms with van der Waals surface area (Å²) in [6.07, 6.45) is -2.04. The Labute approximate surface area is 83.6 Å². The number of nitrogens with zero attached hydrogens (tertiary/aromatic N) is 1.